The van der Waals surface area contributed by atoms with Crippen molar-refractivity contribution >= 4 is 21.6 Å². The van der Waals surface area contributed by atoms with Crippen LogP contribution in [0.4, 0.5) is 18.9 Å². The molecule has 6 nitrogen and oxygen atoms in total. The van der Waals surface area contributed by atoms with Gasteiger partial charge in [-0.15, -0.1) is 13.2 Å². The van der Waals surface area contributed by atoms with Crippen LogP contribution in [-0.2, 0) is 10.0 Å². The van der Waals surface area contributed by atoms with Crippen molar-refractivity contribution < 1.29 is 31.1 Å². The number of benzene rings is 2. The molecule has 0 aromatic heterocycles. The lowest BCUT2D eigenvalue weighted by atomic mass is 10.1. The van der Waals surface area contributed by atoms with Crippen molar-refractivity contribution in [1.82, 2.24) is 0 Å². The van der Waals surface area contributed by atoms with Crippen LogP contribution in [0.1, 0.15) is 15.9 Å². The molecule has 2 rings (SSSR count). The minimum absolute atomic E-state index is 0.129. The maximum Gasteiger partial charge on any atom is 0.573 e. The van der Waals surface area contributed by atoms with Crippen molar-refractivity contribution in [2.24, 2.45) is 5.73 Å². The second kappa shape index (κ2) is 6.63. The van der Waals surface area contributed by atoms with Crippen LogP contribution in [0.2, 0.25) is 0 Å². The number of sulfonamides is 1. The highest BCUT2D eigenvalue weighted by Crippen LogP contribution is 2.29. The monoisotopic (exact) mass is 374 g/mol. The number of carbonyl (C=O) groups is 1. The first-order valence-corrected chi connectivity index (χ1v) is 8.25. The zero-order valence-corrected chi connectivity index (χ0v) is 13.6. The molecule has 10 heteroatoms. The first-order chi connectivity index (χ1) is 11.5. The lowest BCUT2D eigenvalue weighted by Crippen LogP contribution is -2.20. The van der Waals surface area contributed by atoms with Gasteiger partial charge >= 0.3 is 6.36 Å². The first-order valence-electron chi connectivity index (χ1n) is 6.77. The van der Waals surface area contributed by atoms with Crippen LogP contribution in [0.5, 0.6) is 5.75 Å². The van der Waals surface area contributed by atoms with Gasteiger partial charge in [0.25, 0.3) is 15.9 Å². The molecule has 2 aromatic rings. The molecule has 0 heterocycles. The molecule has 0 atom stereocenters. The number of amides is 1. The number of alkyl halides is 3. The van der Waals surface area contributed by atoms with Gasteiger partial charge < -0.3 is 10.5 Å². The van der Waals surface area contributed by atoms with Crippen molar-refractivity contribution in [3.8, 4) is 5.75 Å². The van der Waals surface area contributed by atoms with E-state index in [1.54, 1.807) is 19.1 Å². The molecule has 0 aliphatic rings. The Morgan fingerprint density at radius 3 is 2.24 bits per heavy atom. The fourth-order valence-corrected chi connectivity index (χ4v) is 3.01. The molecular weight excluding hydrogens is 361 g/mol. The summed E-state index contributed by atoms with van der Waals surface area (Å²) in [6.07, 6.45) is -4.97. The predicted molar refractivity (Wildman–Crippen MR) is 83.6 cm³/mol. The van der Waals surface area contributed by atoms with Crippen LogP contribution < -0.4 is 15.2 Å². The zero-order valence-electron chi connectivity index (χ0n) is 12.8. The van der Waals surface area contributed by atoms with E-state index in [-0.39, 0.29) is 10.5 Å². The number of halogens is 3. The predicted octanol–water partition coefficient (Wildman–Crippen LogP) is 2.79. The average molecular weight is 374 g/mol. The Labute approximate surface area is 141 Å². The summed E-state index contributed by atoms with van der Waals surface area (Å²) >= 11 is 0. The van der Waals surface area contributed by atoms with E-state index in [0.717, 1.165) is 23.8 Å². The van der Waals surface area contributed by atoms with Crippen LogP contribution in [0.15, 0.2) is 47.4 Å². The topological polar surface area (TPSA) is 98.5 Å². The number of nitrogens with one attached hydrogen (secondary N) is 1. The molecule has 0 unspecified atom stereocenters. The minimum atomic E-state index is -4.97. The quantitative estimate of drug-likeness (QED) is 0.841. The lowest BCUT2D eigenvalue weighted by Gasteiger charge is -2.14. The van der Waals surface area contributed by atoms with Crippen LogP contribution in [0.25, 0.3) is 0 Å². The summed E-state index contributed by atoms with van der Waals surface area (Å²) in [7, 11) is -4.14. The Morgan fingerprint density at radius 2 is 1.72 bits per heavy atom. The van der Waals surface area contributed by atoms with Gasteiger partial charge in [-0.3, -0.25) is 9.52 Å². The van der Waals surface area contributed by atoms with E-state index in [0.29, 0.717) is 0 Å². The van der Waals surface area contributed by atoms with E-state index in [1.165, 1.54) is 12.1 Å². The highest BCUT2D eigenvalue weighted by molar-refractivity contribution is 7.92. The SMILES string of the molecule is Cc1ccc(S(=O)(=O)Nc2cc(OC(F)(F)F)ccc2C(N)=O)cc1. The third kappa shape index (κ3) is 4.86. The van der Waals surface area contributed by atoms with E-state index in [2.05, 4.69) is 9.46 Å². The van der Waals surface area contributed by atoms with Crippen LogP contribution in [-0.4, -0.2) is 20.7 Å². The number of anilines is 1. The molecule has 0 aliphatic carbocycles. The smallest absolute Gasteiger partial charge is 0.406 e. The van der Waals surface area contributed by atoms with Crippen molar-refractivity contribution in [3.05, 3.63) is 53.6 Å². The molecule has 0 saturated carbocycles. The van der Waals surface area contributed by atoms with Gasteiger partial charge in [0.1, 0.15) is 5.75 Å². The number of rotatable bonds is 5. The molecule has 1 amide bonds. The Bertz CT molecular complexity index is 894. The third-order valence-corrected chi connectivity index (χ3v) is 4.45. The van der Waals surface area contributed by atoms with Gasteiger partial charge in [0.2, 0.25) is 0 Å². The Hall–Kier alpha value is -2.75. The molecule has 0 bridgehead atoms. The second-order valence-corrected chi connectivity index (χ2v) is 6.72. The van der Waals surface area contributed by atoms with Gasteiger partial charge in [-0.05, 0) is 31.2 Å². The van der Waals surface area contributed by atoms with E-state index >= 15 is 0 Å². The molecule has 0 spiro atoms. The standard InChI is InChI=1S/C15H13F3N2O4S/c1-9-2-5-11(6-3-9)25(22,23)20-13-8-10(24-15(16,17)18)4-7-12(13)14(19)21/h2-8,20H,1H3,(H2,19,21). The van der Waals surface area contributed by atoms with Crippen molar-refractivity contribution in [1.29, 1.82) is 0 Å². The largest absolute Gasteiger partial charge is 0.573 e. The number of hydrogen-bond acceptors (Lipinski definition) is 4. The van der Waals surface area contributed by atoms with E-state index in [9.17, 15) is 26.4 Å². The Morgan fingerprint density at radius 1 is 1.12 bits per heavy atom. The summed E-state index contributed by atoms with van der Waals surface area (Å²) < 4.78 is 67.5. The summed E-state index contributed by atoms with van der Waals surface area (Å²) in [6.45, 7) is 1.76. The molecule has 0 radical (unpaired) electrons. The van der Waals surface area contributed by atoms with Crippen LogP contribution in [0.3, 0.4) is 0 Å². The second-order valence-electron chi connectivity index (χ2n) is 5.04. The van der Waals surface area contributed by atoms with Gasteiger partial charge in [-0.25, -0.2) is 8.42 Å². The highest BCUT2D eigenvalue weighted by atomic mass is 32.2. The fourth-order valence-electron chi connectivity index (χ4n) is 1.94. The molecule has 25 heavy (non-hydrogen) atoms. The number of aryl methyl sites for hydroxylation is 1. The van der Waals surface area contributed by atoms with Gasteiger partial charge in [-0.1, -0.05) is 17.7 Å². The fraction of sp³-hybridized carbons (Fsp3) is 0.133. The van der Waals surface area contributed by atoms with Gasteiger partial charge in [-0.2, -0.15) is 0 Å². The molecule has 3 N–H and O–H groups in total. The zero-order chi connectivity index (χ0) is 18.8. The summed E-state index contributed by atoms with van der Waals surface area (Å²) in [5.74, 6) is -1.71. The lowest BCUT2D eigenvalue weighted by molar-refractivity contribution is -0.274. The molecule has 134 valence electrons. The van der Waals surface area contributed by atoms with Gasteiger partial charge in [0, 0.05) is 6.07 Å². The van der Waals surface area contributed by atoms with E-state index in [1.807, 2.05) is 0 Å². The molecule has 2 aromatic carbocycles. The highest BCUT2D eigenvalue weighted by Gasteiger charge is 2.31. The van der Waals surface area contributed by atoms with Gasteiger partial charge in [0.05, 0.1) is 16.1 Å². The molecule has 0 fully saturated rings. The molecular formula is C15H13F3N2O4S. The Balaban J connectivity index is 2.43. The van der Waals surface area contributed by atoms with E-state index in [4.69, 9.17) is 5.73 Å². The summed E-state index contributed by atoms with van der Waals surface area (Å²) in [4.78, 5) is 11.3. The first kappa shape index (κ1) is 18.6. The molecule has 0 saturated heterocycles. The maximum atomic E-state index is 12.4. The minimum Gasteiger partial charge on any atom is -0.406 e. The number of hydrogen-bond donors (Lipinski definition) is 2. The average Bonchev–Trinajstić information content (AvgIpc) is 2.45. The van der Waals surface area contributed by atoms with Gasteiger partial charge in [0.15, 0.2) is 0 Å². The van der Waals surface area contributed by atoms with Crippen molar-refractivity contribution in [2.45, 2.75) is 18.2 Å². The summed E-state index contributed by atoms with van der Waals surface area (Å²) in [5, 5.41) is 0. The van der Waals surface area contributed by atoms with Crippen molar-refractivity contribution in [2.75, 3.05) is 4.72 Å². The summed E-state index contributed by atoms with van der Waals surface area (Å²) in [6, 6.07) is 8.27. The van der Waals surface area contributed by atoms with Crippen LogP contribution in [0, 0.1) is 6.92 Å². The number of carbonyl (C=O) groups excluding carboxylic acids is 1. The Kier molecular flexibility index (Phi) is 4.93. The number of nitrogens with two attached hydrogens (primary N) is 1. The normalized spacial score (nSPS) is 11.8. The van der Waals surface area contributed by atoms with Crippen molar-refractivity contribution in [3.63, 3.8) is 0 Å². The maximum absolute atomic E-state index is 12.4. The van der Waals surface area contributed by atoms with E-state index < -0.39 is 33.7 Å². The number of ether oxygens (including phenoxy) is 1. The van der Waals surface area contributed by atoms with Crippen LogP contribution >= 0.6 is 0 Å². The summed E-state index contributed by atoms with van der Waals surface area (Å²) in [5.41, 5.74) is 5.23. The number of primary amides is 1. The third-order valence-electron chi connectivity index (χ3n) is 3.07. The molecule has 0 aliphatic heterocycles.